The van der Waals surface area contributed by atoms with E-state index in [-0.39, 0.29) is 16.1 Å². The molecule has 0 bridgehead atoms. The van der Waals surface area contributed by atoms with Crippen LogP contribution in [0.5, 0.6) is 0 Å². The first kappa shape index (κ1) is 12.6. The molecule has 1 heterocycles. The molecule has 7 heteroatoms. The van der Waals surface area contributed by atoms with Gasteiger partial charge in [-0.05, 0) is 19.1 Å². The monoisotopic (exact) mass is 269 g/mol. The number of methoxy groups -OCH3 is 1. The fourth-order valence-electron chi connectivity index (χ4n) is 1.80. The summed E-state index contributed by atoms with van der Waals surface area (Å²) in [5.41, 5.74) is 0.217. The van der Waals surface area contributed by atoms with Gasteiger partial charge in [0.15, 0.2) is 0 Å². The van der Waals surface area contributed by atoms with Crippen molar-refractivity contribution in [2.75, 3.05) is 12.4 Å². The van der Waals surface area contributed by atoms with Crippen molar-refractivity contribution in [3.05, 3.63) is 23.8 Å². The van der Waals surface area contributed by atoms with Crippen LogP contribution >= 0.6 is 0 Å². The van der Waals surface area contributed by atoms with Gasteiger partial charge in [0, 0.05) is 0 Å². The third-order valence-corrected chi connectivity index (χ3v) is 4.50. The summed E-state index contributed by atoms with van der Waals surface area (Å²) in [6, 6.07) is 3.23. The Balaban J connectivity index is 2.73. The smallest absolute Gasteiger partial charge is 0.340 e. The number of benzene rings is 1. The SMILES string of the molecule is COC(=O)c1cccc2c1NC(C)C(=O)S2(=O)=O. The normalized spacial score (nSPS) is 20.8. The fourth-order valence-corrected chi connectivity index (χ4v) is 3.24. The summed E-state index contributed by atoms with van der Waals surface area (Å²) in [6.45, 7) is 1.43. The number of anilines is 1. The Morgan fingerprint density at radius 1 is 1.39 bits per heavy atom. The van der Waals surface area contributed by atoms with Crippen LogP contribution in [0.4, 0.5) is 5.69 Å². The number of ether oxygens (including phenoxy) is 1. The Morgan fingerprint density at radius 2 is 2.06 bits per heavy atom. The molecule has 0 saturated heterocycles. The molecule has 1 aliphatic rings. The number of sulfone groups is 1. The van der Waals surface area contributed by atoms with Gasteiger partial charge >= 0.3 is 5.97 Å². The van der Waals surface area contributed by atoms with Crippen molar-refractivity contribution in [1.82, 2.24) is 0 Å². The maximum Gasteiger partial charge on any atom is 0.340 e. The van der Waals surface area contributed by atoms with Crippen molar-refractivity contribution < 1.29 is 22.7 Å². The average Bonchev–Trinajstić information content (AvgIpc) is 2.35. The predicted molar refractivity (Wildman–Crippen MR) is 63.1 cm³/mol. The van der Waals surface area contributed by atoms with Gasteiger partial charge in [-0.2, -0.15) is 0 Å². The molecule has 0 radical (unpaired) electrons. The number of fused-ring (bicyclic) bond motifs is 1. The minimum atomic E-state index is -4.04. The number of hydrogen-bond acceptors (Lipinski definition) is 6. The Bertz CT molecular complexity index is 635. The Morgan fingerprint density at radius 3 is 2.67 bits per heavy atom. The third-order valence-electron chi connectivity index (χ3n) is 2.70. The molecule has 1 aromatic carbocycles. The minimum Gasteiger partial charge on any atom is -0.465 e. The molecule has 6 nitrogen and oxygen atoms in total. The molecule has 1 unspecified atom stereocenters. The van der Waals surface area contributed by atoms with E-state index < -0.39 is 27.0 Å². The highest BCUT2D eigenvalue weighted by atomic mass is 32.2. The number of nitrogens with one attached hydrogen (secondary N) is 1. The van der Waals surface area contributed by atoms with Gasteiger partial charge in [0.2, 0.25) is 9.84 Å². The molecule has 0 aromatic heterocycles. The van der Waals surface area contributed by atoms with Crippen LogP contribution in [0.2, 0.25) is 0 Å². The molecule has 0 saturated carbocycles. The second-order valence-electron chi connectivity index (χ2n) is 3.86. The maximum absolute atomic E-state index is 11.9. The molecule has 0 aliphatic carbocycles. The third kappa shape index (κ3) is 1.67. The van der Waals surface area contributed by atoms with E-state index >= 15 is 0 Å². The van der Waals surface area contributed by atoms with Gasteiger partial charge in [-0.25, -0.2) is 13.2 Å². The summed E-state index contributed by atoms with van der Waals surface area (Å²) < 4.78 is 28.4. The lowest BCUT2D eigenvalue weighted by molar-refractivity contribution is -0.112. The molecule has 1 atom stereocenters. The number of esters is 1. The number of hydrogen-bond donors (Lipinski definition) is 1. The number of carbonyl (C=O) groups excluding carboxylic acids is 2. The van der Waals surface area contributed by atoms with Crippen molar-refractivity contribution in [3.63, 3.8) is 0 Å². The lowest BCUT2D eigenvalue weighted by Gasteiger charge is -2.24. The van der Waals surface area contributed by atoms with Gasteiger partial charge in [0.25, 0.3) is 5.12 Å². The van der Waals surface area contributed by atoms with E-state index in [1.54, 1.807) is 0 Å². The maximum atomic E-state index is 11.9. The van der Waals surface area contributed by atoms with Crippen molar-refractivity contribution in [1.29, 1.82) is 0 Å². The zero-order chi connectivity index (χ0) is 13.5. The van der Waals surface area contributed by atoms with Gasteiger partial charge in [0.05, 0.1) is 29.3 Å². The average molecular weight is 269 g/mol. The largest absolute Gasteiger partial charge is 0.465 e. The first-order chi connectivity index (χ1) is 8.39. The van der Waals surface area contributed by atoms with Crippen LogP contribution in [0, 0.1) is 0 Å². The quantitative estimate of drug-likeness (QED) is 0.750. The second kappa shape index (κ2) is 4.09. The highest BCUT2D eigenvalue weighted by molar-refractivity contribution is 8.06. The zero-order valence-corrected chi connectivity index (χ0v) is 10.6. The Labute approximate surface area is 104 Å². The van der Waals surface area contributed by atoms with E-state index in [0.717, 1.165) is 0 Å². The van der Waals surface area contributed by atoms with Gasteiger partial charge in [-0.3, -0.25) is 4.79 Å². The Kier molecular flexibility index (Phi) is 2.86. The van der Waals surface area contributed by atoms with Crippen molar-refractivity contribution in [3.8, 4) is 0 Å². The summed E-state index contributed by atoms with van der Waals surface area (Å²) in [5, 5.41) is 1.81. The molecule has 2 rings (SSSR count). The fraction of sp³-hybridized carbons (Fsp3) is 0.273. The molecule has 1 N–H and O–H groups in total. The second-order valence-corrected chi connectivity index (χ2v) is 5.71. The molecule has 0 amide bonds. The van der Waals surface area contributed by atoms with E-state index in [2.05, 4.69) is 10.1 Å². The summed E-state index contributed by atoms with van der Waals surface area (Å²) in [7, 11) is -2.84. The lowest BCUT2D eigenvalue weighted by atomic mass is 10.1. The van der Waals surface area contributed by atoms with Crippen LogP contribution in [0.3, 0.4) is 0 Å². The molecule has 1 aromatic rings. The standard InChI is InChI=1S/C11H11NO5S/c1-6-11(14)18(15,16)8-5-3-4-7(9(8)12-6)10(13)17-2/h3-6,12H,1-2H3. The van der Waals surface area contributed by atoms with E-state index in [1.807, 2.05) is 0 Å². The predicted octanol–water partition coefficient (Wildman–Crippen LogP) is 0.587. The van der Waals surface area contributed by atoms with Gasteiger partial charge in [-0.15, -0.1) is 0 Å². The van der Waals surface area contributed by atoms with E-state index in [1.165, 1.54) is 32.2 Å². The zero-order valence-electron chi connectivity index (χ0n) is 9.76. The summed E-state index contributed by atoms with van der Waals surface area (Å²) in [4.78, 5) is 22.9. The van der Waals surface area contributed by atoms with Gasteiger partial charge in [0.1, 0.15) is 0 Å². The summed E-state index contributed by atoms with van der Waals surface area (Å²) >= 11 is 0. The molecule has 0 spiro atoms. The summed E-state index contributed by atoms with van der Waals surface area (Å²) in [6.07, 6.45) is 0. The van der Waals surface area contributed by atoms with Crippen LogP contribution in [0.1, 0.15) is 17.3 Å². The van der Waals surface area contributed by atoms with E-state index in [4.69, 9.17) is 0 Å². The van der Waals surface area contributed by atoms with Crippen molar-refractivity contribution in [2.45, 2.75) is 17.9 Å². The van der Waals surface area contributed by atoms with Crippen LogP contribution < -0.4 is 5.32 Å². The first-order valence-electron chi connectivity index (χ1n) is 5.16. The number of para-hydroxylation sites is 1. The molecule has 96 valence electrons. The summed E-state index contributed by atoms with van der Waals surface area (Å²) in [5.74, 6) is -0.656. The molecule has 0 fully saturated rings. The minimum absolute atomic E-state index is 0.0953. The van der Waals surface area contributed by atoms with Crippen LogP contribution in [-0.4, -0.2) is 32.7 Å². The van der Waals surface area contributed by atoms with Crippen molar-refractivity contribution >= 4 is 26.6 Å². The van der Waals surface area contributed by atoms with Gasteiger partial charge < -0.3 is 10.1 Å². The van der Waals surface area contributed by atoms with Crippen LogP contribution in [0.15, 0.2) is 23.1 Å². The highest BCUT2D eigenvalue weighted by Crippen LogP contribution is 2.32. The molecular formula is C11H11NO5S. The highest BCUT2D eigenvalue weighted by Gasteiger charge is 2.38. The molecule has 18 heavy (non-hydrogen) atoms. The molecule has 1 aliphatic heterocycles. The Hall–Kier alpha value is -1.89. The topological polar surface area (TPSA) is 89.5 Å². The molecular weight excluding hydrogens is 258 g/mol. The number of carbonyl (C=O) groups is 2. The number of rotatable bonds is 1. The van der Waals surface area contributed by atoms with E-state index in [0.29, 0.717) is 0 Å². The first-order valence-corrected chi connectivity index (χ1v) is 6.64. The van der Waals surface area contributed by atoms with Crippen molar-refractivity contribution in [2.24, 2.45) is 0 Å². The van der Waals surface area contributed by atoms with E-state index in [9.17, 15) is 18.0 Å². The van der Waals surface area contributed by atoms with Gasteiger partial charge in [-0.1, -0.05) is 6.07 Å². The lowest BCUT2D eigenvalue weighted by Crippen LogP contribution is -2.38. The van der Waals surface area contributed by atoms with Crippen LogP contribution in [0.25, 0.3) is 0 Å². The van der Waals surface area contributed by atoms with Crippen LogP contribution in [-0.2, 0) is 19.4 Å².